The molecule has 0 saturated heterocycles. The maximum absolute atomic E-state index is 2.30. The van der Waals surface area contributed by atoms with Crippen LogP contribution < -0.4 is 34.0 Å². The van der Waals surface area contributed by atoms with Gasteiger partial charge in [-0.05, 0) is 23.8 Å². The van der Waals surface area contributed by atoms with E-state index in [1.807, 2.05) is 0 Å². The quantitative estimate of drug-likeness (QED) is 0.530. The van der Waals surface area contributed by atoms with Crippen molar-refractivity contribution in [3.05, 3.63) is 35.9 Å². The van der Waals surface area contributed by atoms with Crippen molar-refractivity contribution in [3.63, 3.8) is 0 Å². The van der Waals surface area contributed by atoms with Gasteiger partial charge in [0.2, 0.25) is 0 Å². The smallest absolute Gasteiger partial charge is 1.00 e. The summed E-state index contributed by atoms with van der Waals surface area (Å²) in [5.74, 6) is 1.49. The maximum Gasteiger partial charge on any atom is 2.00 e. The van der Waals surface area contributed by atoms with E-state index in [9.17, 15) is 0 Å². The summed E-state index contributed by atoms with van der Waals surface area (Å²) in [5.41, 5.74) is 1.46. The van der Waals surface area contributed by atoms with E-state index in [2.05, 4.69) is 51.1 Å². The van der Waals surface area contributed by atoms with Gasteiger partial charge in [0.05, 0.1) is 0 Å². The van der Waals surface area contributed by atoms with E-state index in [0.717, 1.165) is 5.92 Å². The number of hydrogen-bond acceptors (Lipinski definition) is 0. The number of rotatable bonds is 3. The van der Waals surface area contributed by atoms with Gasteiger partial charge < -0.3 is 34.0 Å². The first-order chi connectivity index (χ1) is 5.70. The Hall–Kier alpha value is 0.946. The molecule has 0 aliphatic carbocycles. The fourth-order valence-corrected chi connectivity index (χ4v) is 1.62. The van der Waals surface area contributed by atoms with Crippen LogP contribution in [0.4, 0.5) is 0 Å². The van der Waals surface area contributed by atoms with Gasteiger partial charge in [0, 0.05) is 0 Å². The molecule has 1 rings (SSSR count). The first kappa shape index (κ1) is 21.3. The molecule has 0 fully saturated rings. The Morgan fingerprint density at radius 1 is 0.933 bits per heavy atom. The molecule has 1 aromatic rings. The fraction of sp³-hybridized carbons (Fsp3) is 0.500. The molecule has 1 atom stereocenters. The second-order valence-corrected chi connectivity index (χ2v) is 3.94. The molecule has 0 aromatic heterocycles. The fourth-order valence-electron chi connectivity index (χ4n) is 1.62. The van der Waals surface area contributed by atoms with E-state index in [1.165, 1.54) is 12.0 Å². The van der Waals surface area contributed by atoms with Gasteiger partial charge in [-0.3, -0.25) is 0 Å². The van der Waals surface area contributed by atoms with Crippen molar-refractivity contribution < 1.29 is 34.0 Å². The molecule has 0 bridgehead atoms. The van der Waals surface area contributed by atoms with Crippen LogP contribution in [0.15, 0.2) is 30.3 Å². The third-order valence-electron chi connectivity index (χ3n) is 2.19. The van der Waals surface area contributed by atoms with E-state index in [4.69, 9.17) is 0 Å². The molecule has 0 aliphatic rings. The van der Waals surface area contributed by atoms with Crippen molar-refractivity contribution >= 4 is 23.1 Å². The molecule has 0 radical (unpaired) electrons. The molecule has 1 unspecified atom stereocenters. The van der Waals surface area contributed by atoms with Crippen LogP contribution in [0.3, 0.4) is 0 Å². The van der Waals surface area contributed by atoms with Gasteiger partial charge in [-0.1, -0.05) is 51.1 Å². The minimum absolute atomic E-state index is 0. The molecular formula is C12H18Br2Mg. The van der Waals surface area contributed by atoms with Crippen LogP contribution in [0.25, 0.3) is 0 Å². The number of benzene rings is 1. The predicted molar refractivity (Wildman–Crippen MR) is 60.1 cm³/mol. The van der Waals surface area contributed by atoms with E-state index < -0.39 is 0 Å². The van der Waals surface area contributed by atoms with Gasteiger partial charge in [-0.2, -0.15) is 0 Å². The maximum atomic E-state index is 2.30. The van der Waals surface area contributed by atoms with Gasteiger partial charge in [-0.25, -0.2) is 0 Å². The van der Waals surface area contributed by atoms with Crippen LogP contribution in [0, 0.1) is 5.92 Å². The number of halogens is 2. The van der Waals surface area contributed by atoms with E-state index in [0.29, 0.717) is 5.92 Å². The number of hydrogen-bond donors (Lipinski definition) is 0. The van der Waals surface area contributed by atoms with E-state index in [-0.39, 0.29) is 57.0 Å². The minimum atomic E-state index is 0. The Balaban J connectivity index is -0.000000480. The van der Waals surface area contributed by atoms with E-state index in [1.54, 1.807) is 0 Å². The van der Waals surface area contributed by atoms with Crippen LogP contribution in [-0.2, 0) is 0 Å². The summed E-state index contributed by atoms with van der Waals surface area (Å²) in [6.07, 6.45) is 1.28. The van der Waals surface area contributed by atoms with Crippen molar-refractivity contribution in [2.75, 3.05) is 0 Å². The summed E-state index contributed by atoms with van der Waals surface area (Å²) in [6.45, 7) is 6.86. The SMILES string of the molecule is CC(C)CC(C)c1ccccc1.[Br-].[Br-].[Mg+2]. The second kappa shape index (κ2) is 11.4. The van der Waals surface area contributed by atoms with Crippen molar-refractivity contribution in [2.24, 2.45) is 5.92 Å². The third-order valence-corrected chi connectivity index (χ3v) is 2.19. The van der Waals surface area contributed by atoms with E-state index >= 15 is 0 Å². The largest absolute Gasteiger partial charge is 2.00 e. The molecule has 0 amide bonds. The van der Waals surface area contributed by atoms with Gasteiger partial charge in [-0.15, -0.1) is 0 Å². The zero-order chi connectivity index (χ0) is 8.97. The van der Waals surface area contributed by atoms with Gasteiger partial charge in [0.1, 0.15) is 0 Å². The van der Waals surface area contributed by atoms with Crippen LogP contribution in [-0.4, -0.2) is 23.1 Å². The molecule has 0 N–H and O–H groups in total. The standard InChI is InChI=1S/C12H18.2BrH.Mg/c1-10(2)9-11(3)12-7-5-4-6-8-12;;;/h4-8,10-11H,9H2,1-3H3;2*1H;/q;;;+2/p-2. The summed E-state index contributed by atoms with van der Waals surface area (Å²) in [7, 11) is 0. The topological polar surface area (TPSA) is 0 Å². The molecule has 0 nitrogen and oxygen atoms in total. The normalized spacial score (nSPS) is 10.7. The zero-order valence-electron chi connectivity index (χ0n) is 9.71. The van der Waals surface area contributed by atoms with Crippen molar-refractivity contribution in [3.8, 4) is 0 Å². The minimum Gasteiger partial charge on any atom is -1.00 e. The monoisotopic (exact) mass is 344 g/mol. The summed E-state index contributed by atoms with van der Waals surface area (Å²) < 4.78 is 0. The molecule has 0 heterocycles. The third kappa shape index (κ3) is 8.72. The molecular weight excluding hydrogens is 328 g/mol. The van der Waals surface area contributed by atoms with Gasteiger partial charge in [0.15, 0.2) is 0 Å². The Kier molecular flexibility index (Phi) is 16.2. The van der Waals surface area contributed by atoms with Crippen molar-refractivity contribution in [1.29, 1.82) is 0 Å². The van der Waals surface area contributed by atoms with Crippen molar-refractivity contribution in [2.45, 2.75) is 33.1 Å². The molecule has 0 aliphatic heterocycles. The summed E-state index contributed by atoms with van der Waals surface area (Å²) >= 11 is 0. The Morgan fingerprint density at radius 3 is 1.80 bits per heavy atom. The molecule has 82 valence electrons. The van der Waals surface area contributed by atoms with Crippen LogP contribution in [0.2, 0.25) is 0 Å². The van der Waals surface area contributed by atoms with Crippen LogP contribution in [0.1, 0.15) is 38.7 Å². The summed E-state index contributed by atoms with van der Waals surface area (Å²) in [4.78, 5) is 0. The Labute approximate surface area is 131 Å². The van der Waals surface area contributed by atoms with Crippen LogP contribution >= 0.6 is 0 Å². The van der Waals surface area contributed by atoms with Crippen molar-refractivity contribution in [1.82, 2.24) is 0 Å². The molecule has 3 heteroatoms. The van der Waals surface area contributed by atoms with Gasteiger partial charge >= 0.3 is 23.1 Å². The average Bonchev–Trinajstić information content (AvgIpc) is 2.05. The summed E-state index contributed by atoms with van der Waals surface area (Å²) in [6, 6.07) is 10.7. The van der Waals surface area contributed by atoms with Crippen LogP contribution in [0.5, 0.6) is 0 Å². The summed E-state index contributed by atoms with van der Waals surface area (Å²) in [5, 5.41) is 0. The van der Waals surface area contributed by atoms with Gasteiger partial charge in [0.25, 0.3) is 0 Å². The molecule has 1 aromatic carbocycles. The molecule has 0 saturated carbocycles. The first-order valence-electron chi connectivity index (χ1n) is 4.75. The Bertz CT molecular complexity index is 224. The Morgan fingerprint density at radius 2 is 1.40 bits per heavy atom. The first-order valence-corrected chi connectivity index (χ1v) is 4.75. The average molecular weight is 346 g/mol. The molecule has 0 spiro atoms. The second-order valence-electron chi connectivity index (χ2n) is 3.94. The predicted octanol–water partition coefficient (Wildman–Crippen LogP) is -2.54. The zero-order valence-corrected chi connectivity index (χ0v) is 14.3. The molecule has 15 heavy (non-hydrogen) atoms.